The first-order chi connectivity index (χ1) is 9.17. The van der Waals surface area contributed by atoms with E-state index in [1.807, 2.05) is 7.05 Å². The minimum absolute atomic E-state index is 0.0345. The number of benzene rings is 1. The van der Waals surface area contributed by atoms with Crippen LogP contribution in [0.5, 0.6) is 0 Å². The third-order valence-corrected chi connectivity index (χ3v) is 2.70. The van der Waals surface area contributed by atoms with Crippen LogP contribution in [0, 0.1) is 0 Å². The van der Waals surface area contributed by atoms with Crippen LogP contribution < -0.4 is 10.6 Å². The molecule has 1 rings (SSSR count). The molecule has 0 bridgehead atoms. The summed E-state index contributed by atoms with van der Waals surface area (Å²) in [6.45, 7) is 1.31. The summed E-state index contributed by atoms with van der Waals surface area (Å²) in [4.78, 5) is 22.7. The van der Waals surface area contributed by atoms with Crippen molar-refractivity contribution in [2.45, 2.75) is 19.4 Å². The average Bonchev–Trinajstić information content (AvgIpc) is 2.45. The molecule has 1 aromatic carbocycles. The third kappa shape index (κ3) is 5.52. The van der Waals surface area contributed by atoms with Gasteiger partial charge in [-0.05, 0) is 37.7 Å². The zero-order valence-electron chi connectivity index (χ0n) is 11.4. The Kier molecular flexibility index (Phi) is 6.60. The maximum Gasteiger partial charge on any atom is 0.337 e. The van der Waals surface area contributed by atoms with Crippen LogP contribution in [0.2, 0.25) is 0 Å². The number of carbonyl (C=O) groups is 2. The van der Waals surface area contributed by atoms with Crippen molar-refractivity contribution >= 4 is 11.9 Å². The summed E-state index contributed by atoms with van der Waals surface area (Å²) in [5, 5.41) is 5.83. The highest BCUT2D eigenvalue weighted by atomic mass is 16.5. The first kappa shape index (κ1) is 15.2. The highest BCUT2D eigenvalue weighted by Crippen LogP contribution is 2.05. The van der Waals surface area contributed by atoms with Gasteiger partial charge >= 0.3 is 5.97 Å². The van der Waals surface area contributed by atoms with Gasteiger partial charge in [-0.15, -0.1) is 0 Å². The average molecular weight is 264 g/mol. The number of ether oxygens (including phenoxy) is 1. The Morgan fingerprint density at radius 3 is 2.47 bits per heavy atom. The molecule has 0 fully saturated rings. The van der Waals surface area contributed by atoms with E-state index in [0.717, 1.165) is 18.5 Å². The number of carbonyl (C=O) groups excluding carboxylic acids is 2. The summed E-state index contributed by atoms with van der Waals surface area (Å²) in [6.07, 6.45) is 1.34. The molecular weight excluding hydrogens is 244 g/mol. The van der Waals surface area contributed by atoms with Gasteiger partial charge in [0, 0.05) is 13.0 Å². The number of esters is 1. The Labute approximate surface area is 113 Å². The summed E-state index contributed by atoms with van der Waals surface area (Å²) in [5.41, 5.74) is 1.46. The van der Waals surface area contributed by atoms with Gasteiger partial charge < -0.3 is 15.4 Å². The van der Waals surface area contributed by atoms with Crippen molar-refractivity contribution in [3.63, 3.8) is 0 Å². The monoisotopic (exact) mass is 264 g/mol. The van der Waals surface area contributed by atoms with Crippen molar-refractivity contribution in [3.05, 3.63) is 35.4 Å². The molecule has 0 aromatic heterocycles. The maximum atomic E-state index is 11.5. The lowest BCUT2D eigenvalue weighted by Gasteiger charge is -2.06. The predicted molar refractivity (Wildman–Crippen MR) is 72.8 cm³/mol. The van der Waals surface area contributed by atoms with E-state index in [0.29, 0.717) is 18.5 Å². The second-order valence-corrected chi connectivity index (χ2v) is 4.17. The number of rotatable bonds is 7. The SMILES string of the molecule is CNCCCC(=O)NCc1ccc(C(=O)OC)cc1. The van der Waals surface area contributed by atoms with Crippen LogP contribution in [0.1, 0.15) is 28.8 Å². The van der Waals surface area contributed by atoms with Crippen LogP contribution in [0.25, 0.3) is 0 Å². The van der Waals surface area contributed by atoms with Gasteiger partial charge in [0.25, 0.3) is 0 Å². The van der Waals surface area contributed by atoms with Gasteiger partial charge in [0.15, 0.2) is 0 Å². The zero-order valence-corrected chi connectivity index (χ0v) is 11.4. The molecule has 0 saturated carbocycles. The van der Waals surface area contributed by atoms with Crippen molar-refractivity contribution in [1.82, 2.24) is 10.6 Å². The lowest BCUT2D eigenvalue weighted by molar-refractivity contribution is -0.121. The molecule has 5 nitrogen and oxygen atoms in total. The van der Waals surface area contributed by atoms with Crippen molar-refractivity contribution in [2.75, 3.05) is 20.7 Å². The number of hydrogen-bond acceptors (Lipinski definition) is 4. The van der Waals surface area contributed by atoms with Gasteiger partial charge in [-0.2, -0.15) is 0 Å². The smallest absolute Gasteiger partial charge is 0.337 e. The molecule has 0 radical (unpaired) electrons. The quantitative estimate of drug-likeness (QED) is 0.571. The Morgan fingerprint density at radius 1 is 1.21 bits per heavy atom. The van der Waals surface area contributed by atoms with Crippen LogP contribution >= 0.6 is 0 Å². The fourth-order valence-electron chi connectivity index (χ4n) is 1.59. The van der Waals surface area contributed by atoms with Crippen molar-refractivity contribution < 1.29 is 14.3 Å². The minimum atomic E-state index is -0.359. The highest BCUT2D eigenvalue weighted by Gasteiger charge is 2.05. The van der Waals surface area contributed by atoms with E-state index in [-0.39, 0.29) is 11.9 Å². The molecule has 0 atom stereocenters. The Bertz CT molecular complexity index is 415. The van der Waals surface area contributed by atoms with Crippen LogP contribution in [0.15, 0.2) is 24.3 Å². The predicted octanol–water partition coefficient (Wildman–Crippen LogP) is 1.09. The van der Waals surface area contributed by atoms with Gasteiger partial charge in [-0.1, -0.05) is 12.1 Å². The number of methoxy groups -OCH3 is 1. The second kappa shape index (κ2) is 8.26. The maximum absolute atomic E-state index is 11.5. The molecular formula is C14H20N2O3. The summed E-state index contributed by atoms with van der Waals surface area (Å²) in [7, 11) is 3.21. The highest BCUT2D eigenvalue weighted by molar-refractivity contribution is 5.89. The van der Waals surface area contributed by atoms with Gasteiger partial charge in [0.1, 0.15) is 0 Å². The molecule has 0 spiro atoms. The molecule has 0 heterocycles. The molecule has 104 valence electrons. The normalized spacial score (nSPS) is 10.0. The molecule has 19 heavy (non-hydrogen) atoms. The van der Waals surface area contributed by atoms with E-state index in [1.165, 1.54) is 7.11 Å². The number of amides is 1. The molecule has 0 aliphatic carbocycles. The number of hydrogen-bond donors (Lipinski definition) is 2. The molecule has 1 amide bonds. The van der Waals surface area contributed by atoms with Gasteiger partial charge in [-0.3, -0.25) is 4.79 Å². The zero-order chi connectivity index (χ0) is 14.1. The summed E-state index contributed by atoms with van der Waals surface area (Å²) >= 11 is 0. The standard InChI is InChI=1S/C14H20N2O3/c1-15-9-3-4-13(17)16-10-11-5-7-12(8-6-11)14(18)19-2/h5-8,15H,3-4,9-10H2,1-2H3,(H,16,17). The molecule has 0 aliphatic rings. The molecule has 0 saturated heterocycles. The lowest BCUT2D eigenvalue weighted by Crippen LogP contribution is -2.23. The van der Waals surface area contributed by atoms with E-state index in [4.69, 9.17) is 0 Å². The second-order valence-electron chi connectivity index (χ2n) is 4.17. The van der Waals surface area contributed by atoms with Crippen molar-refractivity contribution in [3.8, 4) is 0 Å². The Hall–Kier alpha value is -1.88. The van der Waals surface area contributed by atoms with Crippen molar-refractivity contribution in [2.24, 2.45) is 0 Å². The molecule has 0 unspecified atom stereocenters. The molecule has 2 N–H and O–H groups in total. The molecule has 1 aromatic rings. The summed E-state index contributed by atoms with van der Waals surface area (Å²) < 4.78 is 4.61. The van der Waals surface area contributed by atoms with Crippen LogP contribution in [0.4, 0.5) is 0 Å². The lowest BCUT2D eigenvalue weighted by atomic mass is 10.1. The van der Waals surface area contributed by atoms with E-state index in [1.54, 1.807) is 24.3 Å². The molecule has 5 heteroatoms. The fraction of sp³-hybridized carbons (Fsp3) is 0.429. The van der Waals surface area contributed by atoms with E-state index < -0.39 is 0 Å². The Balaban J connectivity index is 2.37. The summed E-state index contributed by atoms with van der Waals surface area (Å²) in [6, 6.07) is 6.99. The minimum Gasteiger partial charge on any atom is -0.465 e. The van der Waals surface area contributed by atoms with E-state index in [2.05, 4.69) is 15.4 Å². The summed E-state index contributed by atoms with van der Waals surface area (Å²) in [5.74, 6) is -0.324. The first-order valence-corrected chi connectivity index (χ1v) is 6.26. The van der Waals surface area contributed by atoms with Crippen LogP contribution in [-0.4, -0.2) is 32.6 Å². The van der Waals surface area contributed by atoms with Crippen LogP contribution in [-0.2, 0) is 16.1 Å². The van der Waals surface area contributed by atoms with Crippen LogP contribution in [0.3, 0.4) is 0 Å². The topological polar surface area (TPSA) is 67.4 Å². The van der Waals surface area contributed by atoms with Gasteiger partial charge in [0.2, 0.25) is 5.91 Å². The van der Waals surface area contributed by atoms with E-state index in [9.17, 15) is 9.59 Å². The van der Waals surface area contributed by atoms with Gasteiger partial charge in [-0.25, -0.2) is 4.79 Å². The third-order valence-electron chi connectivity index (χ3n) is 2.70. The largest absolute Gasteiger partial charge is 0.465 e. The van der Waals surface area contributed by atoms with E-state index >= 15 is 0 Å². The van der Waals surface area contributed by atoms with Gasteiger partial charge in [0.05, 0.1) is 12.7 Å². The van der Waals surface area contributed by atoms with Crippen molar-refractivity contribution in [1.29, 1.82) is 0 Å². The first-order valence-electron chi connectivity index (χ1n) is 6.26. The molecule has 0 aliphatic heterocycles. The Morgan fingerprint density at radius 2 is 1.89 bits per heavy atom. The number of nitrogens with one attached hydrogen (secondary N) is 2. The fourth-order valence-corrected chi connectivity index (χ4v) is 1.59.